The number of likely N-dealkylation sites (tertiary alicyclic amines) is 1. The molecule has 0 saturated carbocycles. The monoisotopic (exact) mass is 581 g/mol. The number of benzene rings is 2. The standard InChI is InChI=1S/C26H20Cl2F3N3O3S/c27-18-6-5-16(11-19(18)28)20-13-23(37-33-20)21-14-38-25(32-21)15-7-9-34(10-8-15)24(35)12-17-3-1-2-4-22(17)36-26(29,30)31/h1-6,11,13-15H,7-10,12H2. The number of thiazole rings is 1. The van der Waals surface area contributed by atoms with Crippen LogP contribution in [0.15, 0.2) is 58.4 Å². The first-order chi connectivity index (χ1) is 18.2. The summed E-state index contributed by atoms with van der Waals surface area (Å²) in [6.07, 6.45) is -3.58. The zero-order valence-electron chi connectivity index (χ0n) is 19.7. The summed E-state index contributed by atoms with van der Waals surface area (Å²) >= 11 is 13.6. The van der Waals surface area contributed by atoms with Gasteiger partial charge in [0.25, 0.3) is 0 Å². The quantitative estimate of drug-likeness (QED) is 0.234. The van der Waals surface area contributed by atoms with Crippen LogP contribution < -0.4 is 4.74 Å². The van der Waals surface area contributed by atoms with Crippen molar-refractivity contribution in [3.05, 3.63) is 74.5 Å². The topological polar surface area (TPSA) is 68.5 Å². The number of amides is 1. The molecule has 0 aliphatic carbocycles. The molecular formula is C26H20Cl2F3N3O3S. The molecule has 0 bridgehead atoms. The molecule has 1 aliphatic rings. The molecule has 198 valence electrons. The summed E-state index contributed by atoms with van der Waals surface area (Å²) in [5.41, 5.74) is 2.26. The summed E-state index contributed by atoms with van der Waals surface area (Å²) in [4.78, 5) is 19.2. The van der Waals surface area contributed by atoms with E-state index in [1.54, 1.807) is 35.2 Å². The van der Waals surface area contributed by atoms with E-state index >= 15 is 0 Å². The highest BCUT2D eigenvalue weighted by atomic mass is 35.5. The van der Waals surface area contributed by atoms with Crippen LogP contribution >= 0.6 is 34.5 Å². The number of hydrogen-bond acceptors (Lipinski definition) is 6. The maximum atomic E-state index is 12.8. The first kappa shape index (κ1) is 26.5. The third-order valence-corrected chi connectivity index (χ3v) is 7.98. The molecule has 1 amide bonds. The maximum absolute atomic E-state index is 12.8. The van der Waals surface area contributed by atoms with Crippen LogP contribution in [0.1, 0.15) is 29.3 Å². The predicted octanol–water partition coefficient (Wildman–Crippen LogP) is 7.62. The number of ether oxygens (including phenoxy) is 1. The molecule has 38 heavy (non-hydrogen) atoms. The molecule has 0 unspecified atom stereocenters. The Kier molecular flexibility index (Phi) is 7.65. The van der Waals surface area contributed by atoms with Gasteiger partial charge >= 0.3 is 6.36 Å². The number of nitrogens with zero attached hydrogens (tertiary/aromatic N) is 3. The molecule has 6 nitrogen and oxygen atoms in total. The Balaban J connectivity index is 1.19. The summed E-state index contributed by atoms with van der Waals surface area (Å²) in [6, 6.07) is 12.7. The Morgan fingerprint density at radius 3 is 2.58 bits per heavy atom. The third-order valence-electron chi connectivity index (χ3n) is 6.24. The molecule has 2 aromatic carbocycles. The molecule has 4 aromatic rings. The van der Waals surface area contributed by atoms with Crippen molar-refractivity contribution >= 4 is 40.4 Å². The van der Waals surface area contributed by atoms with E-state index in [0.717, 1.165) is 10.6 Å². The van der Waals surface area contributed by atoms with Gasteiger partial charge in [0, 0.05) is 41.6 Å². The van der Waals surface area contributed by atoms with Crippen LogP contribution in [0.5, 0.6) is 5.75 Å². The van der Waals surface area contributed by atoms with E-state index in [1.165, 1.54) is 29.5 Å². The summed E-state index contributed by atoms with van der Waals surface area (Å²) in [7, 11) is 0. The van der Waals surface area contributed by atoms with Gasteiger partial charge < -0.3 is 14.2 Å². The van der Waals surface area contributed by atoms with Crippen LogP contribution in [0.25, 0.3) is 22.7 Å². The molecule has 2 aromatic heterocycles. The van der Waals surface area contributed by atoms with E-state index in [2.05, 4.69) is 9.89 Å². The molecule has 1 saturated heterocycles. The van der Waals surface area contributed by atoms with E-state index in [9.17, 15) is 18.0 Å². The summed E-state index contributed by atoms with van der Waals surface area (Å²) in [6.45, 7) is 0.981. The average Bonchev–Trinajstić information content (AvgIpc) is 3.56. The maximum Gasteiger partial charge on any atom is 0.573 e. The summed E-state index contributed by atoms with van der Waals surface area (Å²) < 4.78 is 47.7. The predicted molar refractivity (Wildman–Crippen MR) is 138 cm³/mol. The fraction of sp³-hybridized carbons (Fsp3) is 0.269. The molecule has 0 spiro atoms. The molecule has 1 aliphatic heterocycles. The van der Waals surface area contributed by atoms with Crippen molar-refractivity contribution in [2.75, 3.05) is 13.1 Å². The SMILES string of the molecule is O=C(Cc1ccccc1OC(F)(F)F)N1CCC(c2nc(-c3cc(-c4ccc(Cl)c(Cl)c4)no3)cs2)CC1. The van der Waals surface area contributed by atoms with Gasteiger partial charge in [-0.2, -0.15) is 0 Å². The Morgan fingerprint density at radius 1 is 1.08 bits per heavy atom. The van der Waals surface area contributed by atoms with Crippen LogP contribution in [-0.4, -0.2) is 40.4 Å². The third kappa shape index (κ3) is 6.14. The Morgan fingerprint density at radius 2 is 1.84 bits per heavy atom. The summed E-state index contributed by atoms with van der Waals surface area (Å²) in [5.74, 6) is 0.100. The average molecular weight is 582 g/mol. The van der Waals surface area contributed by atoms with Crippen LogP contribution in [0.2, 0.25) is 10.0 Å². The molecule has 0 N–H and O–H groups in total. The van der Waals surface area contributed by atoms with Crippen molar-refractivity contribution in [2.45, 2.75) is 31.5 Å². The van der Waals surface area contributed by atoms with E-state index in [-0.39, 0.29) is 29.6 Å². The zero-order chi connectivity index (χ0) is 26.9. The molecular weight excluding hydrogens is 562 g/mol. The number of alkyl halides is 3. The number of para-hydroxylation sites is 1. The Bertz CT molecular complexity index is 1450. The second-order valence-corrected chi connectivity index (χ2v) is 10.5. The molecule has 0 radical (unpaired) electrons. The number of carbonyl (C=O) groups excluding carboxylic acids is 1. The normalized spacial score (nSPS) is 14.6. The Labute approximate surface area is 229 Å². The number of halogens is 5. The zero-order valence-corrected chi connectivity index (χ0v) is 22.0. The molecule has 0 atom stereocenters. The molecule has 5 rings (SSSR count). The molecule has 1 fully saturated rings. The van der Waals surface area contributed by atoms with Gasteiger partial charge in [-0.1, -0.05) is 52.6 Å². The number of piperidine rings is 1. The first-order valence-corrected chi connectivity index (χ1v) is 13.3. The van der Waals surface area contributed by atoms with Gasteiger partial charge in [0.15, 0.2) is 5.76 Å². The van der Waals surface area contributed by atoms with Gasteiger partial charge in [-0.05, 0) is 31.0 Å². The lowest BCUT2D eigenvalue weighted by molar-refractivity contribution is -0.274. The van der Waals surface area contributed by atoms with Gasteiger partial charge in [-0.25, -0.2) is 4.98 Å². The fourth-order valence-corrected chi connectivity index (χ4v) is 5.58. The van der Waals surface area contributed by atoms with Crippen LogP contribution in [0.4, 0.5) is 13.2 Å². The van der Waals surface area contributed by atoms with E-state index in [0.29, 0.717) is 53.1 Å². The minimum atomic E-state index is -4.82. The second kappa shape index (κ2) is 11.0. The van der Waals surface area contributed by atoms with Gasteiger partial charge in [0.05, 0.1) is 21.5 Å². The summed E-state index contributed by atoms with van der Waals surface area (Å²) in [5, 5.41) is 7.84. The van der Waals surface area contributed by atoms with Gasteiger partial charge in [-0.15, -0.1) is 24.5 Å². The highest BCUT2D eigenvalue weighted by Crippen LogP contribution is 2.35. The second-order valence-electron chi connectivity index (χ2n) is 8.76. The largest absolute Gasteiger partial charge is 0.573 e. The van der Waals surface area contributed by atoms with Gasteiger partial charge in [0.2, 0.25) is 5.91 Å². The van der Waals surface area contributed by atoms with Gasteiger partial charge in [0.1, 0.15) is 17.1 Å². The van der Waals surface area contributed by atoms with Crippen molar-refractivity contribution in [1.82, 2.24) is 15.0 Å². The van der Waals surface area contributed by atoms with Gasteiger partial charge in [-0.3, -0.25) is 4.79 Å². The first-order valence-electron chi connectivity index (χ1n) is 11.7. The van der Waals surface area contributed by atoms with Crippen molar-refractivity contribution in [2.24, 2.45) is 0 Å². The number of rotatable bonds is 6. The van der Waals surface area contributed by atoms with E-state index in [4.69, 9.17) is 32.7 Å². The van der Waals surface area contributed by atoms with Crippen molar-refractivity contribution in [3.63, 3.8) is 0 Å². The number of carbonyl (C=O) groups is 1. The lowest BCUT2D eigenvalue weighted by Gasteiger charge is -2.31. The lowest BCUT2D eigenvalue weighted by atomic mass is 9.97. The Hall–Kier alpha value is -3.08. The van der Waals surface area contributed by atoms with Crippen molar-refractivity contribution in [1.29, 1.82) is 0 Å². The van der Waals surface area contributed by atoms with Crippen LogP contribution in [0, 0.1) is 0 Å². The van der Waals surface area contributed by atoms with Crippen molar-refractivity contribution < 1.29 is 27.2 Å². The minimum Gasteiger partial charge on any atom is -0.405 e. The van der Waals surface area contributed by atoms with Crippen LogP contribution in [-0.2, 0) is 11.2 Å². The fourth-order valence-electron chi connectivity index (χ4n) is 4.30. The minimum absolute atomic E-state index is 0.162. The lowest BCUT2D eigenvalue weighted by Crippen LogP contribution is -2.38. The number of aromatic nitrogens is 2. The highest BCUT2D eigenvalue weighted by molar-refractivity contribution is 7.10. The molecule has 3 heterocycles. The number of hydrogen-bond donors (Lipinski definition) is 0. The van der Waals surface area contributed by atoms with Crippen LogP contribution in [0.3, 0.4) is 0 Å². The molecule has 12 heteroatoms. The van der Waals surface area contributed by atoms with Crippen molar-refractivity contribution in [3.8, 4) is 28.5 Å². The highest BCUT2D eigenvalue weighted by Gasteiger charge is 2.33. The van der Waals surface area contributed by atoms with E-state index < -0.39 is 6.36 Å². The smallest absolute Gasteiger partial charge is 0.405 e. The van der Waals surface area contributed by atoms with E-state index in [1.807, 2.05) is 5.38 Å².